The van der Waals surface area contributed by atoms with E-state index in [0.717, 1.165) is 33.5 Å². The van der Waals surface area contributed by atoms with Crippen molar-refractivity contribution in [1.29, 1.82) is 0 Å². The van der Waals surface area contributed by atoms with E-state index in [9.17, 15) is 0 Å². The van der Waals surface area contributed by atoms with Crippen LogP contribution >= 0.6 is 0 Å². The number of nitrogens with two attached hydrogens (primary N) is 1. The first-order valence-corrected chi connectivity index (χ1v) is 3.19. The minimum atomic E-state index is 0.594. The first kappa shape index (κ1) is 8.94. The van der Waals surface area contributed by atoms with E-state index in [1.54, 1.807) is 0 Å². The van der Waals surface area contributed by atoms with Crippen LogP contribution in [0, 0.1) is 0 Å². The second-order valence-corrected chi connectivity index (χ2v) is 1.83. The van der Waals surface area contributed by atoms with Crippen LogP contribution in [0.15, 0.2) is 0 Å². The van der Waals surface area contributed by atoms with Gasteiger partial charge in [0.05, 0.1) is 0 Å². The van der Waals surface area contributed by atoms with Crippen LogP contribution in [-0.2, 0) is 4.65 Å². The molecule has 0 aromatic rings. The molecule has 9 heavy (non-hydrogen) atoms. The van der Waals surface area contributed by atoms with E-state index in [1.165, 1.54) is 0 Å². The van der Waals surface area contributed by atoms with Crippen LogP contribution in [0.3, 0.4) is 0 Å². The molecule has 0 rings (SSSR count). The molecule has 0 aliphatic heterocycles. The summed E-state index contributed by atoms with van der Waals surface area (Å²) < 4.78 is 4.57. The monoisotopic (exact) mass is 130 g/mol. The molecular formula is C5H13BNO2. The summed E-state index contributed by atoms with van der Waals surface area (Å²) in [4.78, 5) is 0. The zero-order valence-corrected chi connectivity index (χ0v) is 5.55. The van der Waals surface area contributed by atoms with Gasteiger partial charge in [-0.3, -0.25) is 0 Å². The van der Waals surface area contributed by atoms with Gasteiger partial charge in [-0.15, -0.1) is 0 Å². The van der Waals surface area contributed by atoms with Gasteiger partial charge in [0.25, 0.3) is 0 Å². The summed E-state index contributed by atoms with van der Waals surface area (Å²) in [5, 5.41) is 8.05. The molecule has 0 heterocycles. The van der Waals surface area contributed by atoms with Gasteiger partial charge < -0.3 is 15.4 Å². The predicted octanol–water partition coefficient (Wildman–Crippen LogP) is -0.341. The molecular weight excluding hydrogens is 117 g/mol. The van der Waals surface area contributed by atoms with Gasteiger partial charge >= 0.3 is 7.69 Å². The fraction of sp³-hybridized carbons (Fsp3) is 1.00. The Kier molecular flexibility index (Phi) is 7.90. The number of hydrogen-bond donors (Lipinski definition) is 2. The molecule has 0 bridgehead atoms. The number of unbranched alkanes of at least 4 members (excludes halogenated alkanes) is 2. The maximum Gasteiger partial charge on any atom is 0.485 e. The highest BCUT2D eigenvalue weighted by molar-refractivity contribution is 6.15. The SMILES string of the molecule is NCCCCCO[B]O. The Morgan fingerprint density at radius 3 is 2.67 bits per heavy atom. The first-order valence-electron chi connectivity index (χ1n) is 3.19. The molecule has 0 aromatic carbocycles. The topological polar surface area (TPSA) is 55.5 Å². The molecule has 0 saturated heterocycles. The third kappa shape index (κ3) is 7.94. The highest BCUT2D eigenvalue weighted by atomic mass is 16.5. The van der Waals surface area contributed by atoms with E-state index in [-0.39, 0.29) is 0 Å². The predicted molar refractivity (Wildman–Crippen MR) is 36.8 cm³/mol. The maximum atomic E-state index is 8.05. The van der Waals surface area contributed by atoms with Gasteiger partial charge in [0, 0.05) is 6.61 Å². The van der Waals surface area contributed by atoms with Gasteiger partial charge in [-0.25, -0.2) is 0 Å². The second kappa shape index (κ2) is 7.94. The Morgan fingerprint density at radius 1 is 1.33 bits per heavy atom. The van der Waals surface area contributed by atoms with Crippen molar-refractivity contribution in [2.75, 3.05) is 13.2 Å². The van der Waals surface area contributed by atoms with Crippen molar-refractivity contribution in [2.24, 2.45) is 5.73 Å². The van der Waals surface area contributed by atoms with Gasteiger partial charge in [0.15, 0.2) is 0 Å². The average Bonchev–Trinajstić information content (AvgIpc) is 1.89. The Labute approximate surface area is 56.5 Å². The molecule has 0 aliphatic carbocycles. The van der Waals surface area contributed by atoms with Crippen LogP contribution < -0.4 is 5.73 Å². The molecule has 3 nitrogen and oxygen atoms in total. The summed E-state index contributed by atoms with van der Waals surface area (Å²) >= 11 is 0. The van der Waals surface area contributed by atoms with Gasteiger partial charge in [0.1, 0.15) is 0 Å². The quantitative estimate of drug-likeness (QED) is 0.382. The van der Waals surface area contributed by atoms with Crippen LogP contribution in [0.25, 0.3) is 0 Å². The molecule has 0 aromatic heterocycles. The standard InChI is InChI=1S/C5H13BNO2/c7-4-2-1-3-5-9-6-8/h8H,1-5,7H2. The third-order valence-corrected chi connectivity index (χ3v) is 1.04. The summed E-state index contributed by atoms with van der Waals surface area (Å²) in [5.74, 6) is 0. The van der Waals surface area contributed by atoms with E-state index in [4.69, 9.17) is 10.8 Å². The molecule has 0 spiro atoms. The van der Waals surface area contributed by atoms with Crippen molar-refractivity contribution in [2.45, 2.75) is 19.3 Å². The van der Waals surface area contributed by atoms with Crippen LogP contribution in [0.5, 0.6) is 0 Å². The summed E-state index contributed by atoms with van der Waals surface area (Å²) in [7, 11) is 0.725. The minimum Gasteiger partial charge on any atom is -0.429 e. The number of rotatable bonds is 6. The summed E-state index contributed by atoms with van der Waals surface area (Å²) in [6, 6.07) is 0. The molecule has 53 valence electrons. The fourth-order valence-electron chi connectivity index (χ4n) is 0.559. The molecule has 0 saturated carbocycles. The van der Waals surface area contributed by atoms with Crippen LogP contribution in [0.4, 0.5) is 0 Å². The average molecular weight is 130 g/mol. The Morgan fingerprint density at radius 2 is 2.11 bits per heavy atom. The lowest BCUT2D eigenvalue weighted by Gasteiger charge is -1.97. The first-order chi connectivity index (χ1) is 4.41. The van der Waals surface area contributed by atoms with Crippen molar-refractivity contribution in [3.05, 3.63) is 0 Å². The molecule has 3 N–H and O–H groups in total. The van der Waals surface area contributed by atoms with Crippen LogP contribution in [0.2, 0.25) is 0 Å². The van der Waals surface area contributed by atoms with Crippen molar-refractivity contribution in [3.63, 3.8) is 0 Å². The number of hydrogen-bond acceptors (Lipinski definition) is 3. The van der Waals surface area contributed by atoms with Gasteiger partial charge in [-0.1, -0.05) is 0 Å². The fourth-order valence-corrected chi connectivity index (χ4v) is 0.559. The highest BCUT2D eigenvalue weighted by Gasteiger charge is 1.87. The van der Waals surface area contributed by atoms with Crippen molar-refractivity contribution in [1.82, 2.24) is 0 Å². The smallest absolute Gasteiger partial charge is 0.429 e. The van der Waals surface area contributed by atoms with E-state index in [2.05, 4.69) is 4.65 Å². The second-order valence-electron chi connectivity index (χ2n) is 1.83. The summed E-state index contributed by atoms with van der Waals surface area (Å²) in [6.07, 6.45) is 3.08. The molecule has 0 fully saturated rings. The largest absolute Gasteiger partial charge is 0.485 e. The summed E-state index contributed by atoms with van der Waals surface area (Å²) in [5.41, 5.74) is 5.25. The zero-order chi connectivity index (χ0) is 6.95. The highest BCUT2D eigenvalue weighted by Crippen LogP contribution is 1.92. The Hall–Kier alpha value is -0.0551. The lowest BCUT2D eigenvalue weighted by Crippen LogP contribution is -2.01. The van der Waals surface area contributed by atoms with E-state index >= 15 is 0 Å². The molecule has 0 amide bonds. The third-order valence-electron chi connectivity index (χ3n) is 1.04. The minimum absolute atomic E-state index is 0.594. The lowest BCUT2D eigenvalue weighted by molar-refractivity contribution is 0.275. The van der Waals surface area contributed by atoms with E-state index in [0.29, 0.717) is 6.61 Å². The van der Waals surface area contributed by atoms with Gasteiger partial charge in [-0.2, -0.15) is 0 Å². The summed E-state index contributed by atoms with van der Waals surface area (Å²) in [6.45, 7) is 1.33. The molecule has 0 aliphatic rings. The molecule has 0 unspecified atom stereocenters. The Bertz CT molecular complexity index is 48.2. The molecule has 1 radical (unpaired) electrons. The van der Waals surface area contributed by atoms with Crippen molar-refractivity contribution >= 4 is 7.69 Å². The lowest BCUT2D eigenvalue weighted by atomic mass is 10.2. The molecule has 0 atom stereocenters. The Balaban J connectivity index is 2.60. The van der Waals surface area contributed by atoms with Crippen LogP contribution in [-0.4, -0.2) is 25.9 Å². The van der Waals surface area contributed by atoms with E-state index in [1.807, 2.05) is 0 Å². The van der Waals surface area contributed by atoms with E-state index < -0.39 is 0 Å². The molecule has 4 heteroatoms. The maximum absolute atomic E-state index is 8.05. The van der Waals surface area contributed by atoms with Crippen molar-refractivity contribution < 1.29 is 9.68 Å². The van der Waals surface area contributed by atoms with Gasteiger partial charge in [0.2, 0.25) is 0 Å². The zero-order valence-electron chi connectivity index (χ0n) is 5.55. The van der Waals surface area contributed by atoms with Crippen LogP contribution in [0.1, 0.15) is 19.3 Å². The normalized spacial score (nSPS) is 9.56. The van der Waals surface area contributed by atoms with Gasteiger partial charge in [-0.05, 0) is 25.8 Å². The van der Waals surface area contributed by atoms with Crippen molar-refractivity contribution in [3.8, 4) is 0 Å².